The fourth-order valence-corrected chi connectivity index (χ4v) is 10.5. The van der Waals surface area contributed by atoms with E-state index in [4.69, 9.17) is 0 Å². The summed E-state index contributed by atoms with van der Waals surface area (Å²) in [6.45, 7) is 0. The summed E-state index contributed by atoms with van der Waals surface area (Å²) in [7, 11) is 0. The molecule has 0 aliphatic heterocycles. The van der Waals surface area contributed by atoms with Crippen molar-refractivity contribution in [3.8, 4) is 39.1 Å². The predicted molar refractivity (Wildman–Crippen MR) is 262 cm³/mol. The summed E-state index contributed by atoms with van der Waals surface area (Å²) in [6, 6.07) is 84.0. The van der Waals surface area contributed by atoms with Gasteiger partial charge in [0.25, 0.3) is 0 Å². The standard InChI is InChI=1S/C58H38N2S/c1-2-12-39(13-3-1)40-24-31-45(32-25-40)59(47-35-28-43(29-36-47)49-19-11-20-52-51-18-7-9-23-57(51)61-58(49)52)46-33-26-41(27-34-46)44-30-37-56-53(38-44)50-17-6-8-21-55(50)60(56)54-22-10-15-42-14-4-5-16-48(42)54/h1-38H. The van der Waals surface area contributed by atoms with Crippen molar-refractivity contribution < 1.29 is 0 Å². The van der Waals surface area contributed by atoms with Crippen LogP contribution in [-0.4, -0.2) is 4.57 Å². The summed E-state index contributed by atoms with van der Waals surface area (Å²) in [5.74, 6) is 0. The largest absolute Gasteiger partial charge is 0.311 e. The van der Waals surface area contributed by atoms with Crippen LogP contribution in [-0.2, 0) is 0 Å². The van der Waals surface area contributed by atoms with Gasteiger partial charge in [-0.3, -0.25) is 0 Å². The van der Waals surface area contributed by atoms with E-state index in [0.717, 1.165) is 17.1 Å². The highest BCUT2D eigenvalue weighted by molar-refractivity contribution is 7.26. The zero-order valence-corrected chi connectivity index (χ0v) is 34.1. The maximum absolute atomic E-state index is 2.43. The molecule has 12 aromatic rings. The summed E-state index contributed by atoms with van der Waals surface area (Å²) in [5, 5.41) is 7.62. The van der Waals surface area contributed by atoms with Crippen LogP contribution < -0.4 is 4.90 Å². The van der Waals surface area contributed by atoms with Crippen molar-refractivity contribution in [3.05, 3.63) is 231 Å². The average Bonchev–Trinajstić information content (AvgIpc) is 3.88. The van der Waals surface area contributed by atoms with Gasteiger partial charge in [0, 0.05) is 53.4 Å². The molecule has 286 valence electrons. The van der Waals surface area contributed by atoms with E-state index in [0.29, 0.717) is 0 Å². The molecule has 0 aliphatic carbocycles. The van der Waals surface area contributed by atoms with Crippen molar-refractivity contribution in [1.29, 1.82) is 0 Å². The summed E-state index contributed by atoms with van der Waals surface area (Å²) in [6.07, 6.45) is 0. The zero-order chi connectivity index (χ0) is 40.3. The van der Waals surface area contributed by atoms with Gasteiger partial charge >= 0.3 is 0 Å². The quantitative estimate of drug-likeness (QED) is 0.156. The molecule has 0 fully saturated rings. The predicted octanol–water partition coefficient (Wildman–Crippen LogP) is 16.8. The molecule has 12 rings (SSSR count). The van der Waals surface area contributed by atoms with E-state index in [2.05, 4.69) is 240 Å². The second kappa shape index (κ2) is 14.5. The number of para-hydroxylation sites is 1. The van der Waals surface area contributed by atoms with Crippen LogP contribution in [0.3, 0.4) is 0 Å². The molecule has 10 aromatic carbocycles. The van der Waals surface area contributed by atoms with Gasteiger partial charge in [-0.1, -0.05) is 164 Å². The Morgan fingerprint density at radius 1 is 0.328 bits per heavy atom. The molecule has 3 heteroatoms. The fourth-order valence-electron chi connectivity index (χ4n) is 9.26. The first kappa shape index (κ1) is 35.2. The lowest BCUT2D eigenvalue weighted by Crippen LogP contribution is -2.09. The molecule has 0 unspecified atom stereocenters. The van der Waals surface area contributed by atoms with E-state index in [-0.39, 0.29) is 0 Å². The molecule has 0 aliphatic rings. The minimum atomic E-state index is 1.10. The minimum absolute atomic E-state index is 1.10. The zero-order valence-electron chi connectivity index (χ0n) is 33.2. The van der Waals surface area contributed by atoms with Gasteiger partial charge in [-0.2, -0.15) is 0 Å². The van der Waals surface area contributed by atoms with Crippen LogP contribution in [0.25, 0.3) is 91.8 Å². The molecule has 0 saturated carbocycles. The number of hydrogen-bond acceptors (Lipinski definition) is 2. The molecule has 2 heterocycles. The number of aromatic nitrogens is 1. The Morgan fingerprint density at radius 3 is 1.61 bits per heavy atom. The summed E-state index contributed by atoms with van der Waals surface area (Å²) >= 11 is 1.88. The lowest BCUT2D eigenvalue weighted by atomic mass is 10.0. The van der Waals surface area contributed by atoms with Crippen LogP contribution in [0.1, 0.15) is 0 Å². The normalized spacial score (nSPS) is 11.6. The van der Waals surface area contributed by atoms with Gasteiger partial charge in [0.1, 0.15) is 0 Å². The van der Waals surface area contributed by atoms with Gasteiger partial charge in [0.05, 0.1) is 16.7 Å². The first-order valence-corrected chi connectivity index (χ1v) is 21.6. The molecule has 2 aromatic heterocycles. The Bertz CT molecular complexity index is 3560. The smallest absolute Gasteiger partial charge is 0.0541 e. The van der Waals surface area contributed by atoms with Crippen molar-refractivity contribution in [1.82, 2.24) is 4.57 Å². The van der Waals surface area contributed by atoms with Crippen molar-refractivity contribution >= 4 is 81.1 Å². The fraction of sp³-hybridized carbons (Fsp3) is 0. The van der Waals surface area contributed by atoms with Crippen molar-refractivity contribution in [2.75, 3.05) is 4.90 Å². The molecule has 0 saturated heterocycles. The molecule has 61 heavy (non-hydrogen) atoms. The van der Waals surface area contributed by atoms with Gasteiger partial charge in [-0.05, 0) is 105 Å². The molecule has 0 N–H and O–H groups in total. The third-order valence-electron chi connectivity index (χ3n) is 12.2. The van der Waals surface area contributed by atoms with Gasteiger partial charge in [0.15, 0.2) is 0 Å². The lowest BCUT2D eigenvalue weighted by molar-refractivity contribution is 1.20. The number of thiophene rings is 1. The Balaban J connectivity index is 0.935. The molecule has 0 spiro atoms. The van der Waals surface area contributed by atoms with Crippen LogP contribution in [0.2, 0.25) is 0 Å². The van der Waals surface area contributed by atoms with E-state index in [1.54, 1.807) is 0 Å². The number of anilines is 3. The minimum Gasteiger partial charge on any atom is -0.311 e. The van der Waals surface area contributed by atoms with E-state index in [9.17, 15) is 0 Å². The van der Waals surface area contributed by atoms with Crippen LogP contribution in [0.15, 0.2) is 231 Å². The third-order valence-corrected chi connectivity index (χ3v) is 13.4. The van der Waals surface area contributed by atoms with Crippen LogP contribution in [0.4, 0.5) is 17.1 Å². The van der Waals surface area contributed by atoms with Crippen molar-refractivity contribution in [2.45, 2.75) is 0 Å². The number of benzene rings is 10. The summed E-state index contributed by atoms with van der Waals surface area (Å²) < 4.78 is 5.08. The number of hydrogen-bond donors (Lipinski definition) is 0. The lowest BCUT2D eigenvalue weighted by Gasteiger charge is -2.26. The topological polar surface area (TPSA) is 8.17 Å². The van der Waals surface area contributed by atoms with E-state index >= 15 is 0 Å². The molecular weight excluding hydrogens is 757 g/mol. The van der Waals surface area contributed by atoms with Crippen molar-refractivity contribution in [3.63, 3.8) is 0 Å². The number of nitrogens with zero attached hydrogens (tertiary/aromatic N) is 2. The number of rotatable bonds is 7. The van der Waals surface area contributed by atoms with Gasteiger partial charge in [0.2, 0.25) is 0 Å². The Kier molecular flexibility index (Phi) is 8.39. The first-order chi connectivity index (χ1) is 30.2. The molecule has 2 nitrogen and oxygen atoms in total. The Morgan fingerprint density at radius 2 is 0.852 bits per heavy atom. The summed E-state index contributed by atoms with van der Waals surface area (Å²) in [4.78, 5) is 2.36. The average molecular weight is 795 g/mol. The van der Waals surface area contributed by atoms with Crippen LogP contribution in [0.5, 0.6) is 0 Å². The van der Waals surface area contributed by atoms with Crippen molar-refractivity contribution in [2.24, 2.45) is 0 Å². The van der Waals surface area contributed by atoms with Gasteiger partial charge in [-0.25, -0.2) is 0 Å². The third kappa shape index (κ3) is 6.01. The summed E-state index contributed by atoms with van der Waals surface area (Å²) in [5.41, 5.74) is 14.2. The first-order valence-electron chi connectivity index (χ1n) is 20.8. The van der Waals surface area contributed by atoms with E-state index in [1.165, 1.54) is 91.8 Å². The molecule has 0 bridgehead atoms. The van der Waals surface area contributed by atoms with E-state index < -0.39 is 0 Å². The Labute approximate surface area is 358 Å². The number of fused-ring (bicyclic) bond motifs is 7. The molecule has 0 radical (unpaired) electrons. The molecular formula is C58H38N2S. The van der Waals surface area contributed by atoms with Gasteiger partial charge < -0.3 is 9.47 Å². The van der Waals surface area contributed by atoms with E-state index in [1.807, 2.05) is 11.3 Å². The monoisotopic (exact) mass is 794 g/mol. The Hall–Kier alpha value is -7.72. The second-order valence-electron chi connectivity index (χ2n) is 15.7. The second-order valence-corrected chi connectivity index (χ2v) is 16.8. The highest BCUT2D eigenvalue weighted by Gasteiger charge is 2.18. The highest BCUT2D eigenvalue weighted by Crippen LogP contribution is 2.43. The maximum Gasteiger partial charge on any atom is 0.0541 e. The van der Waals surface area contributed by atoms with Crippen LogP contribution in [0, 0.1) is 0 Å². The maximum atomic E-state index is 2.43. The molecule has 0 amide bonds. The highest BCUT2D eigenvalue weighted by atomic mass is 32.1. The SMILES string of the molecule is c1ccc(-c2ccc(N(c3ccc(-c4ccc5c(c4)c4ccccc4n5-c4cccc5ccccc45)cc3)c3ccc(-c4cccc5c4sc4ccccc45)cc3)cc2)cc1. The van der Waals surface area contributed by atoms with Gasteiger partial charge in [-0.15, -0.1) is 11.3 Å². The molecule has 0 atom stereocenters. The van der Waals surface area contributed by atoms with Crippen LogP contribution >= 0.6 is 11.3 Å².